The second-order valence-electron chi connectivity index (χ2n) is 1.76. The van der Waals surface area contributed by atoms with Gasteiger partial charge in [0.1, 0.15) is 0 Å². The summed E-state index contributed by atoms with van der Waals surface area (Å²) in [4.78, 5) is 0. The van der Waals surface area contributed by atoms with Crippen molar-refractivity contribution in [2.24, 2.45) is 0 Å². The van der Waals surface area contributed by atoms with Crippen LogP contribution in [0.3, 0.4) is 0 Å². The molecule has 1 aromatic rings. The quantitative estimate of drug-likeness (QED) is 0.557. The Hall–Kier alpha value is -0.255. The first-order valence-electron chi connectivity index (χ1n) is 2.98. The third kappa shape index (κ3) is 6.45. The van der Waals surface area contributed by atoms with E-state index in [0.717, 1.165) is 0 Å². The first-order chi connectivity index (χ1) is 5.54. The van der Waals surface area contributed by atoms with Gasteiger partial charge in [-0.1, -0.05) is 35.3 Å². The molecule has 3 N–H and O–H groups in total. The lowest BCUT2D eigenvalue weighted by Crippen LogP contribution is -2.07. The van der Waals surface area contributed by atoms with Crippen molar-refractivity contribution in [3.63, 3.8) is 0 Å². The van der Waals surface area contributed by atoms with Crippen LogP contribution in [-0.4, -0.2) is 22.4 Å². The first-order valence-corrected chi connectivity index (χ1v) is 3.74. The molecule has 0 amide bonds. The third-order valence-electron chi connectivity index (χ3n) is 0.824. The van der Waals surface area contributed by atoms with E-state index in [9.17, 15) is 0 Å². The zero-order valence-corrected chi connectivity index (χ0v) is 7.50. The van der Waals surface area contributed by atoms with Gasteiger partial charge in [-0.3, -0.25) is 0 Å². The Morgan fingerprint density at radius 1 is 0.917 bits per heavy atom. The zero-order valence-electron chi connectivity index (χ0n) is 5.98. The highest BCUT2D eigenvalue weighted by Gasteiger charge is 1.92. The molecule has 0 fully saturated rings. The molecule has 0 bridgehead atoms. The molecule has 3 nitrogen and oxygen atoms in total. The SMILES string of the molecule is Clc1ccccc1Cl.OB(O)O. The molecule has 0 aliphatic heterocycles. The van der Waals surface area contributed by atoms with Crippen LogP contribution >= 0.6 is 23.2 Å². The number of rotatable bonds is 0. The van der Waals surface area contributed by atoms with E-state index in [0.29, 0.717) is 10.0 Å². The Morgan fingerprint density at radius 2 is 1.17 bits per heavy atom. The van der Waals surface area contributed by atoms with Crippen molar-refractivity contribution in [1.82, 2.24) is 0 Å². The Balaban J connectivity index is 0.000000261. The Labute approximate surface area is 80.4 Å². The van der Waals surface area contributed by atoms with Gasteiger partial charge in [0.15, 0.2) is 0 Å². The molecule has 0 radical (unpaired) electrons. The maximum Gasteiger partial charge on any atom is 0.631 e. The summed E-state index contributed by atoms with van der Waals surface area (Å²) in [5.74, 6) is 0. The first kappa shape index (κ1) is 11.7. The van der Waals surface area contributed by atoms with E-state index in [1.807, 2.05) is 12.1 Å². The minimum atomic E-state index is -2.17. The molecule has 0 atom stereocenters. The van der Waals surface area contributed by atoms with Gasteiger partial charge in [0, 0.05) is 0 Å². The minimum Gasteiger partial charge on any atom is -0.402 e. The molecular formula is C6H7BCl2O3. The van der Waals surface area contributed by atoms with Crippen molar-refractivity contribution < 1.29 is 15.1 Å². The van der Waals surface area contributed by atoms with Crippen LogP contribution in [0.15, 0.2) is 24.3 Å². The van der Waals surface area contributed by atoms with Crippen LogP contribution in [0.25, 0.3) is 0 Å². The van der Waals surface area contributed by atoms with Gasteiger partial charge in [-0.2, -0.15) is 0 Å². The van der Waals surface area contributed by atoms with Crippen molar-refractivity contribution in [2.75, 3.05) is 0 Å². The molecule has 66 valence electrons. The monoisotopic (exact) mass is 208 g/mol. The minimum absolute atomic E-state index is 0.606. The molecular weight excluding hydrogens is 202 g/mol. The average molecular weight is 209 g/mol. The maximum atomic E-state index is 7.17. The van der Waals surface area contributed by atoms with E-state index in [4.69, 9.17) is 38.3 Å². The van der Waals surface area contributed by atoms with Crippen molar-refractivity contribution in [3.05, 3.63) is 34.3 Å². The van der Waals surface area contributed by atoms with Gasteiger partial charge in [-0.05, 0) is 12.1 Å². The molecule has 0 aliphatic carbocycles. The second-order valence-corrected chi connectivity index (χ2v) is 2.57. The number of hydrogen-bond acceptors (Lipinski definition) is 3. The lowest BCUT2D eigenvalue weighted by Gasteiger charge is -1.88. The average Bonchev–Trinajstić information content (AvgIpc) is 1.94. The lowest BCUT2D eigenvalue weighted by molar-refractivity contribution is 0.278. The smallest absolute Gasteiger partial charge is 0.402 e. The third-order valence-corrected chi connectivity index (χ3v) is 1.58. The van der Waals surface area contributed by atoms with Crippen LogP contribution in [0.4, 0.5) is 0 Å². The number of benzene rings is 1. The number of hydrogen-bond donors (Lipinski definition) is 3. The van der Waals surface area contributed by atoms with E-state index in [1.165, 1.54) is 0 Å². The Morgan fingerprint density at radius 3 is 1.33 bits per heavy atom. The van der Waals surface area contributed by atoms with Crippen LogP contribution in [0.2, 0.25) is 10.0 Å². The Bertz CT molecular complexity index is 208. The summed E-state index contributed by atoms with van der Waals surface area (Å²) in [6.45, 7) is 0. The van der Waals surface area contributed by atoms with Crippen LogP contribution in [0.1, 0.15) is 0 Å². The van der Waals surface area contributed by atoms with Gasteiger partial charge < -0.3 is 15.1 Å². The fourth-order valence-electron chi connectivity index (χ4n) is 0.439. The van der Waals surface area contributed by atoms with Crippen LogP contribution in [0.5, 0.6) is 0 Å². The summed E-state index contributed by atoms with van der Waals surface area (Å²) in [6, 6.07) is 7.19. The van der Waals surface area contributed by atoms with Gasteiger partial charge in [-0.15, -0.1) is 0 Å². The van der Waals surface area contributed by atoms with E-state index in [2.05, 4.69) is 0 Å². The van der Waals surface area contributed by atoms with Gasteiger partial charge in [0.25, 0.3) is 0 Å². The summed E-state index contributed by atoms with van der Waals surface area (Å²) in [5.41, 5.74) is 0. The van der Waals surface area contributed by atoms with Crippen molar-refractivity contribution in [3.8, 4) is 0 Å². The highest BCUT2D eigenvalue weighted by Crippen LogP contribution is 2.19. The molecule has 1 aromatic carbocycles. The summed E-state index contributed by atoms with van der Waals surface area (Å²) >= 11 is 11.2. The van der Waals surface area contributed by atoms with Crippen LogP contribution < -0.4 is 0 Å². The number of halogens is 2. The predicted molar refractivity (Wildman–Crippen MR) is 48.9 cm³/mol. The predicted octanol–water partition coefficient (Wildman–Crippen LogP) is 0.942. The molecule has 0 heterocycles. The fourth-order valence-corrected chi connectivity index (χ4v) is 0.711. The topological polar surface area (TPSA) is 60.7 Å². The van der Waals surface area contributed by atoms with Crippen LogP contribution in [0, 0.1) is 0 Å². The molecule has 0 saturated heterocycles. The molecule has 0 aliphatic rings. The molecule has 12 heavy (non-hydrogen) atoms. The summed E-state index contributed by atoms with van der Waals surface area (Å²) in [7, 11) is -2.17. The maximum absolute atomic E-state index is 7.17. The lowest BCUT2D eigenvalue weighted by atomic mass is 10.3. The molecule has 0 spiro atoms. The summed E-state index contributed by atoms with van der Waals surface area (Å²) < 4.78 is 0. The Kier molecular flexibility index (Phi) is 6.15. The van der Waals surface area contributed by atoms with Gasteiger partial charge in [-0.25, -0.2) is 0 Å². The highest BCUT2D eigenvalue weighted by atomic mass is 35.5. The van der Waals surface area contributed by atoms with Crippen molar-refractivity contribution in [1.29, 1.82) is 0 Å². The second kappa shape index (κ2) is 6.28. The molecule has 6 heteroatoms. The van der Waals surface area contributed by atoms with E-state index in [-0.39, 0.29) is 0 Å². The normalized spacial score (nSPS) is 8.42. The van der Waals surface area contributed by atoms with Crippen LogP contribution in [-0.2, 0) is 0 Å². The van der Waals surface area contributed by atoms with Crippen molar-refractivity contribution >= 4 is 30.5 Å². The molecule has 0 aromatic heterocycles. The van der Waals surface area contributed by atoms with Crippen molar-refractivity contribution in [2.45, 2.75) is 0 Å². The summed E-state index contributed by atoms with van der Waals surface area (Å²) in [6.07, 6.45) is 0. The molecule has 0 unspecified atom stereocenters. The zero-order chi connectivity index (χ0) is 9.56. The fraction of sp³-hybridized carbons (Fsp3) is 0. The largest absolute Gasteiger partial charge is 0.631 e. The highest BCUT2D eigenvalue weighted by molar-refractivity contribution is 6.41. The van der Waals surface area contributed by atoms with Gasteiger partial charge in [0.2, 0.25) is 0 Å². The standard InChI is InChI=1S/C6H4Cl2.BH3O3/c7-5-3-1-2-4-6(5)8;2-1(3)4/h1-4H;2-4H. The molecule has 0 saturated carbocycles. The van der Waals surface area contributed by atoms with E-state index in [1.54, 1.807) is 12.1 Å². The van der Waals surface area contributed by atoms with E-state index < -0.39 is 7.32 Å². The van der Waals surface area contributed by atoms with E-state index >= 15 is 0 Å². The van der Waals surface area contributed by atoms with Gasteiger partial charge in [0.05, 0.1) is 10.0 Å². The van der Waals surface area contributed by atoms with Gasteiger partial charge >= 0.3 is 7.32 Å². The molecule has 1 rings (SSSR count). The summed E-state index contributed by atoms with van der Waals surface area (Å²) in [5, 5.41) is 22.7.